The van der Waals surface area contributed by atoms with E-state index in [1.54, 1.807) is 6.92 Å². The van der Waals surface area contributed by atoms with Crippen LogP contribution >= 0.6 is 0 Å². The number of hydrogen-bond donors (Lipinski definition) is 3. The first-order valence-corrected chi connectivity index (χ1v) is 5.83. The number of Topliss-reactive ketones (excluding diaryl/α,β-unsaturated/α-hetero) is 2. The molecule has 1 aliphatic carbocycles. The summed E-state index contributed by atoms with van der Waals surface area (Å²) < 4.78 is 5.21. The van der Waals surface area contributed by atoms with Crippen LogP contribution in [-0.4, -0.2) is 33.5 Å². The molecule has 1 heterocycles. The SMILES string of the molecule is CC1=CC2=C(CO1)C(=O)c1c(O)cc(O)c(O)c1C2=O. The van der Waals surface area contributed by atoms with E-state index in [9.17, 15) is 24.9 Å². The minimum Gasteiger partial charge on any atom is -0.507 e. The Morgan fingerprint density at radius 2 is 1.75 bits per heavy atom. The van der Waals surface area contributed by atoms with Gasteiger partial charge < -0.3 is 20.1 Å². The first-order valence-electron chi connectivity index (χ1n) is 5.83. The largest absolute Gasteiger partial charge is 0.507 e. The molecule has 1 aromatic rings. The van der Waals surface area contributed by atoms with Crippen LogP contribution in [0, 0.1) is 0 Å². The van der Waals surface area contributed by atoms with Crippen LogP contribution in [0.4, 0.5) is 0 Å². The molecule has 1 aliphatic heterocycles. The minimum atomic E-state index is -0.708. The molecule has 0 atom stereocenters. The van der Waals surface area contributed by atoms with Crippen LogP contribution in [0.1, 0.15) is 27.6 Å². The zero-order chi connectivity index (χ0) is 14.6. The van der Waals surface area contributed by atoms with Gasteiger partial charge in [0.05, 0.1) is 16.9 Å². The number of ketones is 2. The van der Waals surface area contributed by atoms with Crippen LogP contribution in [0.25, 0.3) is 0 Å². The summed E-state index contributed by atoms with van der Waals surface area (Å²) >= 11 is 0. The first kappa shape index (κ1) is 12.3. The van der Waals surface area contributed by atoms with Crippen molar-refractivity contribution in [2.45, 2.75) is 6.92 Å². The molecule has 3 N–H and O–H groups in total. The van der Waals surface area contributed by atoms with E-state index in [1.807, 2.05) is 0 Å². The molecule has 0 spiro atoms. The summed E-state index contributed by atoms with van der Waals surface area (Å²) in [7, 11) is 0. The molecule has 0 aromatic heterocycles. The Hall–Kier alpha value is -2.76. The predicted molar refractivity (Wildman–Crippen MR) is 66.8 cm³/mol. The molecule has 0 fully saturated rings. The molecule has 1 aromatic carbocycles. The molecule has 0 radical (unpaired) electrons. The van der Waals surface area contributed by atoms with Crippen LogP contribution in [-0.2, 0) is 4.74 Å². The Morgan fingerprint density at radius 3 is 2.45 bits per heavy atom. The van der Waals surface area contributed by atoms with Crippen molar-refractivity contribution in [3.8, 4) is 17.2 Å². The Kier molecular flexibility index (Phi) is 2.37. The van der Waals surface area contributed by atoms with Gasteiger partial charge in [0.2, 0.25) is 0 Å². The quantitative estimate of drug-likeness (QED) is 0.488. The summed E-state index contributed by atoms with van der Waals surface area (Å²) in [6, 6.07) is 0.829. The second kappa shape index (κ2) is 3.86. The van der Waals surface area contributed by atoms with Gasteiger partial charge in [-0.2, -0.15) is 0 Å². The van der Waals surface area contributed by atoms with E-state index in [2.05, 4.69) is 0 Å². The molecule has 0 unspecified atom stereocenters. The normalized spacial score (nSPS) is 17.4. The smallest absolute Gasteiger partial charge is 0.198 e. The Bertz CT molecular complexity index is 739. The minimum absolute atomic E-state index is 0.0667. The third kappa shape index (κ3) is 1.45. The number of benzene rings is 1. The van der Waals surface area contributed by atoms with Gasteiger partial charge in [-0.3, -0.25) is 9.59 Å². The van der Waals surface area contributed by atoms with Gasteiger partial charge in [0.25, 0.3) is 0 Å². The summed E-state index contributed by atoms with van der Waals surface area (Å²) in [5, 5.41) is 29.1. The van der Waals surface area contributed by atoms with Crippen LogP contribution in [0.5, 0.6) is 17.2 Å². The number of ether oxygens (including phenoxy) is 1. The van der Waals surface area contributed by atoms with Gasteiger partial charge in [-0.05, 0) is 13.0 Å². The van der Waals surface area contributed by atoms with E-state index in [1.165, 1.54) is 6.08 Å². The molecule has 6 heteroatoms. The molecule has 0 bridgehead atoms. The van der Waals surface area contributed by atoms with Crippen molar-refractivity contribution in [1.29, 1.82) is 0 Å². The number of phenolic OH excluding ortho intramolecular Hbond substituents is 3. The third-order valence-corrected chi connectivity index (χ3v) is 3.35. The van der Waals surface area contributed by atoms with E-state index >= 15 is 0 Å². The zero-order valence-corrected chi connectivity index (χ0v) is 10.4. The lowest BCUT2D eigenvalue weighted by molar-refractivity contribution is 0.0947. The highest BCUT2D eigenvalue weighted by atomic mass is 16.5. The molecule has 6 nitrogen and oxygen atoms in total. The highest BCUT2D eigenvalue weighted by Gasteiger charge is 2.38. The van der Waals surface area contributed by atoms with Gasteiger partial charge in [-0.25, -0.2) is 0 Å². The average molecular weight is 274 g/mol. The second-order valence-corrected chi connectivity index (χ2v) is 4.61. The summed E-state index contributed by atoms with van der Waals surface area (Å²) in [4.78, 5) is 24.7. The average Bonchev–Trinajstić information content (AvgIpc) is 2.40. The number of carbonyl (C=O) groups excluding carboxylic acids is 2. The Labute approximate surface area is 113 Å². The van der Waals surface area contributed by atoms with Crippen molar-refractivity contribution in [3.63, 3.8) is 0 Å². The Balaban J connectivity index is 2.34. The lowest BCUT2D eigenvalue weighted by Crippen LogP contribution is -2.26. The monoisotopic (exact) mass is 274 g/mol. The van der Waals surface area contributed by atoms with E-state index in [0.29, 0.717) is 5.76 Å². The van der Waals surface area contributed by atoms with Crippen LogP contribution in [0.2, 0.25) is 0 Å². The maximum atomic E-state index is 12.4. The fraction of sp³-hybridized carbons (Fsp3) is 0.143. The van der Waals surface area contributed by atoms with Crippen molar-refractivity contribution in [2.75, 3.05) is 6.61 Å². The van der Waals surface area contributed by atoms with Crippen LogP contribution < -0.4 is 0 Å². The van der Waals surface area contributed by atoms with Gasteiger partial charge in [-0.1, -0.05) is 0 Å². The molecule has 0 saturated heterocycles. The number of aromatic hydroxyl groups is 3. The Morgan fingerprint density at radius 1 is 1.05 bits per heavy atom. The molecule has 0 saturated carbocycles. The summed E-state index contributed by atoms with van der Waals surface area (Å²) in [5.41, 5.74) is -0.433. The molecular weight excluding hydrogens is 264 g/mol. The number of phenols is 3. The van der Waals surface area contributed by atoms with E-state index < -0.39 is 28.8 Å². The number of fused-ring (bicyclic) bond motifs is 1. The lowest BCUT2D eigenvalue weighted by Gasteiger charge is -2.24. The number of carbonyl (C=O) groups is 2. The third-order valence-electron chi connectivity index (χ3n) is 3.35. The van der Waals surface area contributed by atoms with Gasteiger partial charge in [0.1, 0.15) is 12.4 Å². The maximum Gasteiger partial charge on any atom is 0.198 e. The van der Waals surface area contributed by atoms with Crippen LogP contribution in [0.15, 0.2) is 29.0 Å². The van der Waals surface area contributed by atoms with E-state index in [-0.39, 0.29) is 28.9 Å². The van der Waals surface area contributed by atoms with E-state index in [4.69, 9.17) is 4.74 Å². The molecule has 102 valence electrons. The van der Waals surface area contributed by atoms with Crippen molar-refractivity contribution in [2.24, 2.45) is 0 Å². The molecule has 0 amide bonds. The number of hydrogen-bond acceptors (Lipinski definition) is 6. The second-order valence-electron chi connectivity index (χ2n) is 4.61. The van der Waals surface area contributed by atoms with Crippen molar-refractivity contribution in [3.05, 3.63) is 40.2 Å². The fourth-order valence-corrected chi connectivity index (χ4v) is 2.37. The molecule has 20 heavy (non-hydrogen) atoms. The van der Waals surface area contributed by atoms with Crippen LogP contribution in [0.3, 0.4) is 0 Å². The van der Waals surface area contributed by atoms with Gasteiger partial charge in [0, 0.05) is 17.2 Å². The fourth-order valence-electron chi connectivity index (χ4n) is 2.37. The predicted octanol–water partition coefficient (Wildman–Crippen LogP) is 1.41. The lowest BCUT2D eigenvalue weighted by atomic mass is 9.82. The maximum absolute atomic E-state index is 12.4. The summed E-state index contributed by atoms with van der Waals surface area (Å²) in [6.45, 7) is 1.57. The van der Waals surface area contributed by atoms with Crippen molar-refractivity contribution in [1.82, 2.24) is 0 Å². The van der Waals surface area contributed by atoms with Crippen molar-refractivity contribution < 1.29 is 29.6 Å². The van der Waals surface area contributed by atoms with Crippen molar-refractivity contribution >= 4 is 11.6 Å². The molecular formula is C14H10O6. The summed E-state index contributed by atoms with van der Waals surface area (Å²) in [6.07, 6.45) is 1.41. The number of allylic oxidation sites excluding steroid dienone is 3. The standard InChI is InChI=1S/C14H10O6/c1-5-2-6-7(4-20-5)13(18)10-8(15)3-9(16)14(19)11(10)12(6)17/h2-3,15-16,19H,4H2,1H3. The van der Waals surface area contributed by atoms with Gasteiger partial charge in [-0.15, -0.1) is 0 Å². The highest BCUT2D eigenvalue weighted by Crippen LogP contribution is 2.43. The highest BCUT2D eigenvalue weighted by molar-refractivity contribution is 6.30. The zero-order valence-electron chi connectivity index (χ0n) is 10.4. The van der Waals surface area contributed by atoms with Gasteiger partial charge in [0.15, 0.2) is 23.1 Å². The first-order chi connectivity index (χ1) is 9.41. The molecule has 2 aliphatic rings. The van der Waals surface area contributed by atoms with E-state index in [0.717, 1.165) is 6.07 Å². The number of rotatable bonds is 0. The molecule has 3 rings (SSSR count). The van der Waals surface area contributed by atoms with Gasteiger partial charge >= 0.3 is 0 Å². The summed E-state index contributed by atoms with van der Waals surface area (Å²) in [5.74, 6) is -2.66. The topological polar surface area (TPSA) is 104 Å².